The van der Waals surface area contributed by atoms with Crippen LogP contribution in [0.25, 0.3) is 0 Å². The van der Waals surface area contributed by atoms with Crippen LogP contribution in [0.5, 0.6) is 12.0 Å². The van der Waals surface area contributed by atoms with Crippen LogP contribution in [-0.4, -0.2) is 21.6 Å². The molecule has 0 spiro atoms. The largest absolute Gasteiger partial charge is 0.466 e. The van der Waals surface area contributed by atoms with Gasteiger partial charge in [0.15, 0.2) is 0 Å². The first kappa shape index (κ1) is 12.2. The minimum atomic E-state index is 0.0607. The van der Waals surface area contributed by atoms with E-state index in [-0.39, 0.29) is 24.6 Å². The van der Waals surface area contributed by atoms with Crippen molar-refractivity contribution in [1.29, 1.82) is 0 Å². The topological polar surface area (TPSA) is 96.3 Å². The second kappa shape index (κ2) is 5.85. The van der Waals surface area contributed by atoms with Crippen molar-refractivity contribution in [1.82, 2.24) is 15.0 Å². The van der Waals surface area contributed by atoms with Gasteiger partial charge in [0.05, 0.1) is 12.9 Å². The fourth-order valence-electron chi connectivity index (χ4n) is 1.21. The number of nitrogens with two attached hydrogens (primary N) is 1. The molecule has 0 aliphatic heterocycles. The summed E-state index contributed by atoms with van der Waals surface area (Å²) in [7, 11) is 0. The molecule has 0 radical (unpaired) electrons. The quantitative estimate of drug-likeness (QED) is 0.827. The lowest BCUT2D eigenvalue weighted by Gasteiger charge is -2.06. The number of rotatable bonds is 6. The molecule has 2 aromatic rings. The monoisotopic (exact) mass is 250 g/mol. The second-order valence-corrected chi connectivity index (χ2v) is 3.48. The van der Waals surface area contributed by atoms with Crippen LogP contribution in [0.15, 0.2) is 22.8 Å². The number of hydrogen-bond donors (Lipinski definition) is 1. The third kappa shape index (κ3) is 3.34. The Bertz CT molecular complexity index is 487. The molecule has 96 valence electrons. The smallest absolute Gasteiger partial charge is 0.324 e. The average molecular weight is 250 g/mol. The summed E-state index contributed by atoms with van der Waals surface area (Å²) in [4.78, 5) is 11.7. The molecule has 2 aromatic heterocycles. The summed E-state index contributed by atoms with van der Waals surface area (Å²) in [6.45, 7) is 2.73. The number of aromatic nitrogens is 3. The van der Waals surface area contributed by atoms with E-state index in [0.717, 1.165) is 6.42 Å². The van der Waals surface area contributed by atoms with E-state index in [0.29, 0.717) is 12.4 Å². The Labute approximate surface area is 104 Å². The van der Waals surface area contributed by atoms with E-state index in [1.54, 1.807) is 18.4 Å². The van der Waals surface area contributed by atoms with Gasteiger partial charge in [-0.1, -0.05) is 6.92 Å². The average Bonchev–Trinajstić information content (AvgIpc) is 2.86. The molecule has 0 saturated carbocycles. The Hall–Kier alpha value is -2.31. The molecule has 2 heterocycles. The lowest BCUT2D eigenvalue weighted by molar-refractivity contribution is 0.237. The first-order valence-electron chi connectivity index (χ1n) is 5.57. The molecule has 0 aliphatic rings. The molecule has 0 fully saturated rings. The van der Waals surface area contributed by atoms with E-state index < -0.39 is 0 Å². The highest BCUT2D eigenvalue weighted by atomic mass is 16.5. The van der Waals surface area contributed by atoms with Crippen molar-refractivity contribution in [2.75, 3.05) is 12.3 Å². The number of nitrogens with zero attached hydrogens (tertiary/aromatic N) is 3. The Morgan fingerprint density at radius 1 is 1.22 bits per heavy atom. The standard InChI is InChI=1S/C11H14N4O3/c1-2-5-17-10-13-9(12)14-11(15-10)18-7-8-4-3-6-16-8/h3-4,6H,2,5,7H2,1H3,(H2,12,13,14,15). The van der Waals surface area contributed by atoms with Gasteiger partial charge < -0.3 is 19.6 Å². The predicted octanol–water partition coefficient (Wildman–Crippen LogP) is 1.41. The summed E-state index contributed by atoms with van der Waals surface area (Å²) in [5.41, 5.74) is 5.53. The Morgan fingerprint density at radius 2 is 2.00 bits per heavy atom. The minimum absolute atomic E-state index is 0.0607. The van der Waals surface area contributed by atoms with E-state index in [1.807, 2.05) is 6.92 Å². The zero-order valence-electron chi connectivity index (χ0n) is 10.00. The first-order valence-corrected chi connectivity index (χ1v) is 5.57. The Morgan fingerprint density at radius 3 is 2.67 bits per heavy atom. The molecule has 0 aromatic carbocycles. The van der Waals surface area contributed by atoms with Gasteiger partial charge in [0.1, 0.15) is 12.4 Å². The van der Waals surface area contributed by atoms with Crippen molar-refractivity contribution in [3.05, 3.63) is 24.2 Å². The van der Waals surface area contributed by atoms with Gasteiger partial charge in [-0.15, -0.1) is 4.98 Å². The van der Waals surface area contributed by atoms with Crippen molar-refractivity contribution in [2.45, 2.75) is 20.0 Å². The molecule has 18 heavy (non-hydrogen) atoms. The molecule has 0 unspecified atom stereocenters. The van der Waals surface area contributed by atoms with Gasteiger partial charge in [-0.25, -0.2) is 0 Å². The zero-order chi connectivity index (χ0) is 12.8. The first-order chi connectivity index (χ1) is 8.78. The maximum Gasteiger partial charge on any atom is 0.324 e. The van der Waals surface area contributed by atoms with E-state index in [4.69, 9.17) is 19.6 Å². The SMILES string of the molecule is CCCOc1nc(N)nc(OCc2ccco2)n1. The summed E-state index contributed by atoms with van der Waals surface area (Å²) in [6, 6.07) is 3.85. The van der Waals surface area contributed by atoms with Crippen molar-refractivity contribution < 1.29 is 13.9 Å². The number of ether oxygens (including phenoxy) is 2. The van der Waals surface area contributed by atoms with Gasteiger partial charge >= 0.3 is 12.0 Å². The van der Waals surface area contributed by atoms with Crippen LogP contribution in [0.4, 0.5) is 5.95 Å². The number of nitrogen functional groups attached to an aromatic ring is 1. The molecule has 0 saturated heterocycles. The predicted molar refractivity (Wildman–Crippen MR) is 63.1 cm³/mol. The van der Waals surface area contributed by atoms with Gasteiger partial charge in [0, 0.05) is 0 Å². The minimum Gasteiger partial charge on any atom is -0.466 e. The fourth-order valence-corrected chi connectivity index (χ4v) is 1.21. The summed E-state index contributed by atoms with van der Waals surface area (Å²) in [5, 5.41) is 0. The highest BCUT2D eigenvalue weighted by molar-refractivity contribution is 5.20. The van der Waals surface area contributed by atoms with E-state index >= 15 is 0 Å². The van der Waals surface area contributed by atoms with Crippen molar-refractivity contribution in [3.63, 3.8) is 0 Å². The van der Waals surface area contributed by atoms with Gasteiger partial charge in [0.25, 0.3) is 0 Å². The number of anilines is 1. The zero-order valence-corrected chi connectivity index (χ0v) is 10.00. The lowest BCUT2D eigenvalue weighted by Crippen LogP contribution is -2.07. The molecule has 2 rings (SSSR count). The highest BCUT2D eigenvalue weighted by Crippen LogP contribution is 2.12. The van der Waals surface area contributed by atoms with Crippen LogP contribution in [0.3, 0.4) is 0 Å². The van der Waals surface area contributed by atoms with E-state index in [1.165, 1.54) is 0 Å². The highest BCUT2D eigenvalue weighted by Gasteiger charge is 2.07. The summed E-state index contributed by atoms with van der Waals surface area (Å²) in [5.74, 6) is 0.732. The maximum atomic E-state index is 5.53. The van der Waals surface area contributed by atoms with Crippen LogP contribution >= 0.6 is 0 Å². The molecule has 2 N–H and O–H groups in total. The molecule has 7 heteroatoms. The Kier molecular flexibility index (Phi) is 3.95. The molecule has 0 aliphatic carbocycles. The van der Waals surface area contributed by atoms with Crippen LogP contribution in [0, 0.1) is 0 Å². The van der Waals surface area contributed by atoms with Gasteiger partial charge in [0.2, 0.25) is 5.95 Å². The van der Waals surface area contributed by atoms with Crippen molar-refractivity contribution in [2.24, 2.45) is 0 Å². The lowest BCUT2D eigenvalue weighted by atomic mass is 10.5. The summed E-state index contributed by atoms with van der Waals surface area (Å²) >= 11 is 0. The molecular formula is C11H14N4O3. The van der Waals surface area contributed by atoms with Gasteiger partial charge in [-0.2, -0.15) is 9.97 Å². The Balaban J connectivity index is 2.00. The molecule has 7 nitrogen and oxygen atoms in total. The number of furan rings is 1. The van der Waals surface area contributed by atoms with Gasteiger partial charge in [-0.3, -0.25) is 0 Å². The van der Waals surface area contributed by atoms with Crippen LogP contribution in [0.2, 0.25) is 0 Å². The normalized spacial score (nSPS) is 10.3. The third-order valence-corrected chi connectivity index (χ3v) is 1.97. The third-order valence-electron chi connectivity index (χ3n) is 1.97. The molecule has 0 bridgehead atoms. The van der Waals surface area contributed by atoms with Crippen LogP contribution < -0.4 is 15.2 Å². The van der Waals surface area contributed by atoms with Crippen LogP contribution in [-0.2, 0) is 6.61 Å². The molecular weight excluding hydrogens is 236 g/mol. The van der Waals surface area contributed by atoms with E-state index in [9.17, 15) is 0 Å². The second-order valence-electron chi connectivity index (χ2n) is 3.48. The van der Waals surface area contributed by atoms with Crippen LogP contribution in [0.1, 0.15) is 19.1 Å². The van der Waals surface area contributed by atoms with E-state index in [2.05, 4.69) is 15.0 Å². The summed E-state index contributed by atoms with van der Waals surface area (Å²) in [6.07, 6.45) is 2.42. The van der Waals surface area contributed by atoms with Crippen molar-refractivity contribution in [3.8, 4) is 12.0 Å². The number of hydrogen-bond acceptors (Lipinski definition) is 7. The fraction of sp³-hybridized carbons (Fsp3) is 0.364. The molecule has 0 atom stereocenters. The summed E-state index contributed by atoms with van der Waals surface area (Å²) < 4.78 is 15.7. The van der Waals surface area contributed by atoms with Crippen molar-refractivity contribution >= 4 is 5.95 Å². The molecule has 0 amide bonds. The van der Waals surface area contributed by atoms with Gasteiger partial charge in [-0.05, 0) is 18.6 Å². The maximum absolute atomic E-state index is 5.53.